The van der Waals surface area contributed by atoms with Crippen LogP contribution < -0.4 is 0 Å². The Balaban J connectivity index is 3.42. The molecule has 0 aliphatic carbocycles. The second-order valence-corrected chi connectivity index (χ2v) is 3.83. The zero-order valence-corrected chi connectivity index (χ0v) is 9.80. The maximum absolute atomic E-state index is 12.4. The molecule has 0 bridgehead atoms. The first-order valence-electron chi connectivity index (χ1n) is 3.88. The van der Waals surface area contributed by atoms with Crippen LogP contribution in [0.1, 0.15) is 23.2 Å². The number of pyridine rings is 1. The number of aromatic nitrogens is 1. The highest BCUT2D eigenvalue weighted by atomic mass is 79.9. The van der Waals surface area contributed by atoms with Crippen molar-refractivity contribution in [2.24, 2.45) is 0 Å². The van der Waals surface area contributed by atoms with Gasteiger partial charge in [-0.2, -0.15) is 13.2 Å². The number of halogens is 7. The van der Waals surface area contributed by atoms with Crippen LogP contribution in [0.15, 0.2) is 10.7 Å². The van der Waals surface area contributed by atoms with E-state index in [9.17, 15) is 22.0 Å². The number of hydrogen-bond donors (Lipinski definition) is 0. The summed E-state index contributed by atoms with van der Waals surface area (Å²) in [5.74, 6) is -0.203. The van der Waals surface area contributed by atoms with Crippen LogP contribution in [0, 0.1) is 0 Å². The molecule has 90 valence electrons. The third-order valence-electron chi connectivity index (χ3n) is 1.73. The lowest BCUT2D eigenvalue weighted by Crippen LogP contribution is -2.13. The molecule has 0 unspecified atom stereocenters. The standard InChI is InChI=1S/C8H4BrClF5N/c9-6-3(2-10)1-4(7(11)12)5(16-6)8(13,14)15/h1,7H,2H2. The van der Waals surface area contributed by atoms with Crippen LogP contribution in [0.2, 0.25) is 0 Å². The minimum atomic E-state index is -4.92. The predicted octanol–water partition coefficient (Wildman–Crippen LogP) is 4.54. The summed E-state index contributed by atoms with van der Waals surface area (Å²) in [6, 6.07) is 0.706. The molecule has 1 heterocycles. The molecule has 0 atom stereocenters. The third-order valence-corrected chi connectivity index (χ3v) is 2.70. The lowest BCUT2D eigenvalue weighted by molar-refractivity contribution is -0.143. The van der Waals surface area contributed by atoms with Gasteiger partial charge in [-0.05, 0) is 22.0 Å². The van der Waals surface area contributed by atoms with Crippen LogP contribution in [-0.2, 0) is 12.1 Å². The van der Waals surface area contributed by atoms with E-state index in [0.29, 0.717) is 6.07 Å². The molecule has 0 fully saturated rings. The van der Waals surface area contributed by atoms with Crippen molar-refractivity contribution in [1.82, 2.24) is 4.98 Å². The monoisotopic (exact) mass is 323 g/mol. The highest BCUT2D eigenvalue weighted by Gasteiger charge is 2.38. The van der Waals surface area contributed by atoms with Crippen molar-refractivity contribution in [1.29, 1.82) is 0 Å². The molecule has 1 aromatic heterocycles. The molecule has 0 saturated carbocycles. The van der Waals surface area contributed by atoms with Crippen molar-refractivity contribution in [2.75, 3.05) is 0 Å². The lowest BCUT2D eigenvalue weighted by Gasteiger charge is -2.13. The van der Waals surface area contributed by atoms with E-state index in [-0.39, 0.29) is 16.0 Å². The molecule has 1 rings (SSSR count). The maximum atomic E-state index is 12.4. The number of hydrogen-bond acceptors (Lipinski definition) is 1. The van der Waals surface area contributed by atoms with E-state index >= 15 is 0 Å². The Morgan fingerprint density at radius 3 is 2.31 bits per heavy atom. The van der Waals surface area contributed by atoms with E-state index in [1.165, 1.54) is 0 Å². The van der Waals surface area contributed by atoms with Crippen molar-refractivity contribution in [3.63, 3.8) is 0 Å². The van der Waals surface area contributed by atoms with Crippen LogP contribution in [0.25, 0.3) is 0 Å². The molecule has 0 N–H and O–H groups in total. The van der Waals surface area contributed by atoms with Gasteiger partial charge in [0.25, 0.3) is 6.43 Å². The van der Waals surface area contributed by atoms with Crippen LogP contribution in [-0.4, -0.2) is 4.98 Å². The molecule has 0 aliphatic heterocycles. The molecule has 16 heavy (non-hydrogen) atoms. The molecule has 0 spiro atoms. The van der Waals surface area contributed by atoms with Gasteiger partial charge >= 0.3 is 6.18 Å². The smallest absolute Gasteiger partial charge is 0.236 e. The Morgan fingerprint density at radius 1 is 1.38 bits per heavy atom. The molecule has 0 radical (unpaired) electrons. The summed E-state index contributed by atoms with van der Waals surface area (Å²) in [5, 5.41) is 0. The first-order chi connectivity index (χ1) is 7.27. The molecule has 1 nitrogen and oxygen atoms in total. The second-order valence-electron chi connectivity index (χ2n) is 2.81. The molecule has 0 aliphatic rings. The predicted molar refractivity (Wildman–Crippen MR) is 51.5 cm³/mol. The minimum Gasteiger partial charge on any atom is -0.236 e. The Labute approximate surface area is 101 Å². The molecule has 1 aromatic rings. The van der Waals surface area contributed by atoms with Gasteiger partial charge in [0.05, 0.1) is 5.88 Å². The van der Waals surface area contributed by atoms with Gasteiger partial charge in [0.1, 0.15) is 4.60 Å². The largest absolute Gasteiger partial charge is 0.433 e. The van der Waals surface area contributed by atoms with E-state index in [1.54, 1.807) is 0 Å². The number of alkyl halides is 6. The molecule has 0 aromatic carbocycles. The first kappa shape index (κ1) is 13.6. The summed E-state index contributed by atoms with van der Waals surface area (Å²) in [6.07, 6.45) is -8.17. The van der Waals surface area contributed by atoms with Gasteiger partial charge in [-0.1, -0.05) is 0 Å². The fraction of sp³-hybridized carbons (Fsp3) is 0.375. The van der Waals surface area contributed by atoms with Gasteiger partial charge in [0, 0.05) is 11.1 Å². The zero-order valence-electron chi connectivity index (χ0n) is 7.45. The summed E-state index contributed by atoms with van der Waals surface area (Å²) in [6.45, 7) is 0. The van der Waals surface area contributed by atoms with E-state index < -0.39 is 23.9 Å². The van der Waals surface area contributed by atoms with Crippen LogP contribution in [0.5, 0.6) is 0 Å². The highest BCUT2D eigenvalue weighted by molar-refractivity contribution is 9.10. The maximum Gasteiger partial charge on any atom is 0.433 e. The van der Waals surface area contributed by atoms with Gasteiger partial charge in [-0.3, -0.25) is 0 Å². The molecule has 0 amide bonds. The summed E-state index contributed by atoms with van der Waals surface area (Å²) in [5.41, 5.74) is -2.67. The van der Waals surface area contributed by atoms with E-state index in [2.05, 4.69) is 20.9 Å². The normalized spacial score (nSPS) is 12.2. The zero-order chi connectivity index (χ0) is 12.5. The van der Waals surface area contributed by atoms with Crippen molar-refractivity contribution in [2.45, 2.75) is 18.5 Å². The molecule has 8 heteroatoms. The topological polar surface area (TPSA) is 12.9 Å². The third kappa shape index (κ3) is 2.82. The van der Waals surface area contributed by atoms with Gasteiger partial charge in [-0.15, -0.1) is 11.6 Å². The molecule has 0 saturated heterocycles. The lowest BCUT2D eigenvalue weighted by atomic mass is 10.1. The molecular formula is C8H4BrClF5N. The first-order valence-corrected chi connectivity index (χ1v) is 5.20. The fourth-order valence-corrected chi connectivity index (χ4v) is 1.83. The van der Waals surface area contributed by atoms with Gasteiger partial charge in [0.15, 0.2) is 5.69 Å². The van der Waals surface area contributed by atoms with Gasteiger partial charge < -0.3 is 0 Å². The Bertz CT molecular complexity index is 393. The Kier molecular flexibility index (Phi) is 4.12. The summed E-state index contributed by atoms with van der Waals surface area (Å²) >= 11 is 8.12. The summed E-state index contributed by atoms with van der Waals surface area (Å²) in [7, 11) is 0. The summed E-state index contributed by atoms with van der Waals surface area (Å²) < 4.78 is 61.8. The SMILES string of the molecule is FC(F)c1cc(CCl)c(Br)nc1C(F)(F)F. The quantitative estimate of drug-likeness (QED) is 0.442. The Morgan fingerprint density at radius 2 is 1.94 bits per heavy atom. The number of rotatable bonds is 2. The average molecular weight is 324 g/mol. The average Bonchev–Trinajstić information content (AvgIpc) is 2.15. The van der Waals surface area contributed by atoms with E-state index in [4.69, 9.17) is 11.6 Å². The van der Waals surface area contributed by atoms with Crippen LogP contribution in [0.3, 0.4) is 0 Å². The minimum absolute atomic E-state index is 0.0879. The fourth-order valence-electron chi connectivity index (χ4n) is 1.04. The molecular weight excluding hydrogens is 320 g/mol. The van der Waals surface area contributed by atoms with Crippen molar-refractivity contribution in [3.05, 3.63) is 27.5 Å². The Hall–Kier alpha value is -0.430. The summed E-state index contributed by atoms with van der Waals surface area (Å²) in [4.78, 5) is 3.06. The van der Waals surface area contributed by atoms with Crippen LogP contribution >= 0.6 is 27.5 Å². The van der Waals surface area contributed by atoms with Gasteiger partial charge in [-0.25, -0.2) is 13.8 Å². The highest BCUT2D eigenvalue weighted by Crippen LogP contribution is 2.37. The second kappa shape index (κ2) is 4.83. The van der Waals surface area contributed by atoms with E-state index in [1.807, 2.05) is 0 Å². The van der Waals surface area contributed by atoms with Crippen LogP contribution in [0.4, 0.5) is 22.0 Å². The van der Waals surface area contributed by atoms with E-state index in [0.717, 1.165) is 0 Å². The van der Waals surface area contributed by atoms with Crippen molar-refractivity contribution in [3.8, 4) is 0 Å². The van der Waals surface area contributed by atoms with Crippen molar-refractivity contribution >= 4 is 27.5 Å². The number of nitrogens with zero attached hydrogens (tertiary/aromatic N) is 1. The van der Waals surface area contributed by atoms with Gasteiger partial charge in [0.2, 0.25) is 0 Å². The van der Waals surface area contributed by atoms with Crippen molar-refractivity contribution < 1.29 is 22.0 Å².